The van der Waals surface area contributed by atoms with Crippen LogP contribution in [0.25, 0.3) is 10.9 Å². The van der Waals surface area contributed by atoms with Gasteiger partial charge in [0.25, 0.3) is 5.56 Å². The SMILES string of the molecule is O=C1CSc2ccc(N3C[C@H](CNC[C@H]4Cn5c(=O)ccc6cccc4c65)OC3=O)nc2N1. The Morgan fingerprint density at radius 2 is 2.00 bits per heavy atom. The quantitative estimate of drug-likeness (QED) is 0.597. The third-order valence-electron chi connectivity index (χ3n) is 6.26. The maximum atomic E-state index is 12.5. The summed E-state index contributed by atoms with van der Waals surface area (Å²) in [5.74, 6) is 1.38. The third-order valence-corrected chi connectivity index (χ3v) is 7.30. The van der Waals surface area contributed by atoms with Crippen molar-refractivity contribution in [3.63, 3.8) is 0 Å². The Morgan fingerprint density at radius 1 is 1.09 bits per heavy atom. The number of hydrogen-bond acceptors (Lipinski definition) is 7. The predicted molar refractivity (Wildman–Crippen MR) is 125 cm³/mol. The second-order valence-electron chi connectivity index (χ2n) is 8.39. The lowest BCUT2D eigenvalue weighted by molar-refractivity contribution is -0.113. The van der Waals surface area contributed by atoms with E-state index in [0.717, 1.165) is 15.8 Å². The first-order valence-corrected chi connectivity index (χ1v) is 11.8. The Morgan fingerprint density at radius 3 is 2.91 bits per heavy atom. The highest BCUT2D eigenvalue weighted by Gasteiger charge is 2.34. The lowest BCUT2D eigenvalue weighted by Gasteiger charge is -2.18. The zero-order valence-electron chi connectivity index (χ0n) is 17.6. The number of amides is 2. The molecule has 0 saturated carbocycles. The van der Waals surface area contributed by atoms with E-state index in [0.29, 0.717) is 43.6 Å². The standard InChI is InChI=1S/C23H21N5O4S/c29-19-12-33-17-5-6-18(25-22(17)26-19)27-11-15(32-23(27)31)9-24-8-14-10-28-20(30)7-4-13-2-1-3-16(14)21(13)28/h1-7,14-15,24H,8-12H2,(H,25,26,29)/t14-,15-/m0/s1. The number of thioether (sulfide) groups is 1. The van der Waals surface area contributed by atoms with Crippen LogP contribution in [0, 0.1) is 0 Å². The van der Waals surface area contributed by atoms with E-state index >= 15 is 0 Å². The number of para-hydroxylation sites is 1. The summed E-state index contributed by atoms with van der Waals surface area (Å²) in [5, 5.41) is 7.24. The number of carbonyl (C=O) groups excluding carboxylic acids is 2. The summed E-state index contributed by atoms with van der Waals surface area (Å²) in [6, 6.07) is 13.2. The average Bonchev–Trinajstić information content (AvgIpc) is 3.38. The third kappa shape index (κ3) is 3.55. The first-order valence-electron chi connectivity index (χ1n) is 10.8. The predicted octanol–water partition coefficient (Wildman–Crippen LogP) is 2.15. The van der Waals surface area contributed by atoms with Gasteiger partial charge in [0.1, 0.15) is 17.7 Å². The van der Waals surface area contributed by atoms with E-state index in [4.69, 9.17) is 4.74 Å². The van der Waals surface area contributed by atoms with Gasteiger partial charge in [-0.3, -0.25) is 14.5 Å². The van der Waals surface area contributed by atoms with Gasteiger partial charge in [0.05, 0.1) is 22.7 Å². The van der Waals surface area contributed by atoms with Gasteiger partial charge in [0.2, 0.25) is 5.91 Å². The molecule has 9 nitrogen and oxygen atoms in total. The van der Waals surface area contributed by atoms with E-state index in [-0.39, 0.29) is 23.5 Å². The molecule has 2 atom stereocenters. The zero-order valence-corrected chi connectivity index (χ0v) is 18.4. The number of benzene rings is 1. The van der Waals surface area contributed by atoms with Crippen LogP contribution < -0.4 is 21.1 Å². The number of carbonyl (C=O) groups is 2. The summed E-state index contributed by atoms with van der Waals surface area (Å²) in [5.41, 5.74) is 2.20. The van der Waals surface area contributed by atoms with Crippen LogP contribution in [-0.4, -0.2) is 53.0 Å². The number of rotatable bonds is 5. The molecule has 3 aromatic rings. The molecule has 0 spiro atoms. The highest BCUT2D eigenvalue weighted by molar-refractivity contribution is 8.00. The minimum atomic E-state index is -0.450. The molecule has 0 unspecified atom stereocenters. The van der Waals surface area contributed by atoms with E-state index < -0.39 is 6.09 Å². The fraction of sp³-hybridized carbons (Fsp3) is 0.304. The number of fused-ring (bicyclic) bond motifs is 1. The molecule has 10 heteroatoms. The van der Waals surface area contributed by atoms with Crippen molar-refractivity contribution in [2.24, 2.45) is 0 Å². The molecule has 6 rings (SSSR count). The van der Waals surface area contributed by atoms with E-state index in [9.17, 15) is 14.4 Å². The number of pyridine rings is 2. The molecule has 3 aliphatic rings. The molecule has 0 bridgehead atoms. The van der Waals surface area contributed by atoms with Crippen LogP contribution in [0.15, 0.2) is 52.2 Å². The lowest BCUT2D eigenvalue weighted by Crippen LogP contribution is -2.33. The normalized spacial score (nSPS) is 21.3. The summed E-state index contributed by atoms with van der Waals surface area (Å²) >= 11 is 1.43. The molecular weight excluding hydrogens is 442 g/mol. The van der Waals surface area contributed by atoms with E-state index in [1.807, 2.05) is 28.8 Å². The summed E-state index contributed by atoms with van der Waals surface area (Å²) in [6.07, 6.45) is -0.768. The second-order valence-corrected chi connectivity index (χ2v) is 9.41. The molecule has 3 aliphatic heterocycles. The minimum absolute atomic E-state index is 0.0185. The highest BCUT2D eigenvalue weighted by atomic mass is 32.2. The number of ether oxygens (including phenoxy) is 1. The van der Waals surface area contributed by atoms with E-state index in [2.05, 4.69) is 21.7 Å². The molecule has 0 radical (unpaired) electrons. The first kappa shape index (κ1) is 20.3. The van der Waals surface area contributed by atoms with Crippen molar-refractivity contribution < 1.29 is 14.3 Å². The average molecular weight is 464 g/mol. The molecule has 168 valence electrons. The molecular formula is C23H21N5O4S. The summed E-state index contributed by atoms with van der Waals surface area (Å²) in [7, 11) is 0. The molecule has 1 fully saturated rings. The Hall–Kier alpha value is -3.37. The summed E-state index contributed by atoms with van der Waals surface area (Å²) in [4.78, 5) is 43.2. The number of anilines is 2. The second kappa shape index (κ2) is 7.89. The van der Waals surface area contributed by atoms with Gasteiger partial charge in [-0.15, -0.1) is 11.8 Å². The maximum Gasteiger partial charge on any atom is 0.416 e. The number of nitrogens with zero attached hydrogens (tertiary/aromatic N) is 3. The van der Waals surface area contributed by atoms with Crippen molar-refractivity contribution in [3.8, 4) is 0 Å². The summed E-state index contributed by atoms with van der Waals surface area (Å²) in [6.45, 7) is 2.19. The maximum absolute atomic E-state index is 12.5. The van der Waals surface area contributed by atoms with Crippen LogP contribution in [0.4, 0.5) is 16.4 Å². The van der Waals surface area contributed by atoms with E-state index in [1.54, 1.807) is 12.1 Å². The molecule has 2 aromatic heterocycles. The van der Waals surface area contributed by atoms with Gasteiger partial charge in [-0.05, 0) is 29.1 Å². The van der Waals surface area contributed by atoms with Gasteiger partial charge >= 0.3 is 6.09 Å². The van der Waals surface area contributed by atoms with Gasteiger partial charge in [0.15, 0.2) is 0 Å². The van der Waals surface area contributed by atoms with Gasteiger partial charge in [0, 0.05) is 31.6 Å². The highest BCUT2D eigenvalue weighted by Crippen LogP contribution is 2.33. The van der Waals surface area contributed by atoms with Crippen LogP contribution in [0.2, 0.25) is 0 Å². The van der Waals surface area contributed by atoms with Crippen molar-refractivity contribution in [2.45, 2.75) is 23.5 Å². The van der Waals surface area contributed by atoms with Gasteiger partial charge < -0.3 is 19.9 Å². The first-order chi connectivity index (χ1) is 16.1. The minimum Gasteiger partial charge on any atom is -0.443 e. The molecule has 33 heavy (non-hydrogen) atoms. The molecule has 1 aromatic carbocycles. The Bertz CT molecular complexity index is 1360. The smallest absolute Gasteiger partial charge is 0.416 e. The van der Waals surface area contributed by atoms with Crippen molar-refractivity contribution in [1.82, 2.24) is 14.9 Å². The van der Waals surface area contributed by atoms with E-state index in [1.165, 1.54) is 22.2 Å². The Balaban J connectivity index is 1.10. The molecule has 0 aliphatic carbocycles. The van der Waals surface area contributed by atoms with Crippen molar-refractivity contribution in [2.75, 3.05) is 35.6 Å². The van der Waals surface area contributed by atoms with Crippen molar-refractivity contribution >= 4 is 46.3 Å². The van der Waals surface area contributed by atoms with Gasteiger partial charge in [-0.1, -0.05) is 18.2 Å². The van der Waals surface area contributed by atoms with Crippen LogP contribution in [-0.2, 0) is 16.1 Å². The Labute approximate surface area is 193 Å². The topological polar surface area (TPSA) is 106 Å². The van der Waals surface area contributed by atoms with Crippen LogP contribution in [0.1, 0.15) is 11.5 Å². The molecule has 2 N–H and O–H groups in total. The van der Waals surface area contributed by atoms with Crippen LogP contribution in [0.3, 0.4) is 0 Å². The molecule has 1 saturated heterocycles. The summed E-state index contributed by atoms with van der Waals surface area (Å²) < 4.78 is 7.37. The van der Waals surface area contributed by atoms with Crippen molar-refractivity contribution in [3.05, 3.63) is 58.4 Å². The van der Waals surface area contributed by atoms with Crippen molar-refractivity contribution in [1.29, 1.82) is 0 Å². The van der Waals surface area contributed by atoms with Gasteiger partial charge in [-0.25, -0.2) is 9.78 Å². The molecule has 2 amide bonds. The fourth-order valence-corrected chi connectivity index (χ4v) is 5.49. The number of nitrogens with one attached hydrogen (secondary N) is 2. The van der Waals surface area contributed by atoms with Crippen LogP contribution in [0.5, 0.6) is 0 Å². The number of cyclic esters (lactones) is 1. The van der Waals surface area contributed by atoms with Gasteiger partial charge in [-0.2, -0.15) is 0 Å². The Kier molecular flexibility index (Phi) is 4.84. The lowest BCUT2D eigenvalue weighted by atomic mass is 10.00. The fourth-order valence-electron chi connectivity index (χ4n) is 4.73. The molecule has 5 heterocycles. The number of aromatic nitrogens is 2. The van der Waals surface area contributed by atoms with Crippen LogP contribution >= 0.6 is 11.8 Å². The largest absolute Gasteiger partial charge is 0.443 e. The zero-order chi connectivity index (χ0) is 22.5. The number of hydrogen-bond donors (Lipinski definition) is 2. The monoisotopic (exact) mass is 463 g/mol.